The first-order valence-electron chi connectivity index (χ1n) is 10.9. The minimum atomic E-state index is -4.50. The minimum Gasteiger partial charge on any atom is -0.459 e. The summed E-state index contributed by atoms with van der Waals surface area (Å²) in [6.07, 6.45) is -4.88. The quantitative estimate of drug-likeness (QED) is 0.635. The largest absolute Gasteiger partial charge is 0.459 e. The Kier molecular flexibility index (Phi) is 8.27. The monoisotopic (exact) mass is 473 g/mol. The molecule has 1 heterocycles. The maximum Gasteiger partial charge on any atom is 0.416 e. The summed E-state index contributed by atoms with van der Waals surface area (Å²) in [6.45, 7) is 12.7. The molecule has 1 saturated heterocycles. The molecule has 1 aromatic carbocycles. The number of esters is 1. The van der Waals surface area contributed by atoms with E-state index in [0.29, 0.717) is 38.3 Å². The second kappa shape index (κ2) is 10.2. The predicted molar refractivity (Wildman–Crippen MR) is 119 cm³/mol. The molecule has 1 fully saturated rings. The van der Waals surface area contributed by atoms with Crippen molar-refractivity contribution in [1.29, 1.82) is 0 Å². The van der Waals surface area contributed by atoms with E-state index in [1.807, 2.05) is 4.90 Å². The van der Waals surface area contributed by atoms with Gasteiger partial charge in [-0.1, -0.05) is 6.07 Å². The Bertz CT molecular complexity index is 837. The Morgan fingerprint density at radius 1 is 0.939 bits per heavy atom. The number of alkyl halides is 3. The van der Waals surface area contributed by atoms with Crippen LogP contribution >= 0.6 is 0 Å². The molecule has 0 unspecified atom stereocenters. The van der Waals surface area contributed by atoms with Crippen molar-refractivity contribution >= 4 is 17.7 Å². The van der Waals surface area contributed by atoms with Gasteiger partial charge in [0.2, 0.25) is 0 Å². The molecule has 0 spiro atoms. The van der Waals surface area contributed by atoms with E-state index in [2.05, 4.69) is 5.32 Å². The lowest BCUT2D eigenvalue weighted by atomic mass is 10.1. The minimum absolute atomic E-state index is 0.227. The molecule has 0 atom stereocenters. The van der Waals surface area contributed by atoms with Crippen molar-refractivity contribution in [2.24, 2.45) is 0 Å². The van der Waals surface area contributed by atoms with Gasteiger partial charge in [0.05, 0.1) is 5.56 Å². The summed E-state index contributed by atoms with van der Waals surface area (Å²) in [5, 5.41) is 2.80. The van der Waals surface area contributed by atoms with Gasteiger partial charge in [0.1, 0.15) is 17.7 Å². The second-order valence-corrected chi connectivity index (χ2v) is 10.1. The molecule has 186 valence electrons. The molecular weight excluding hydrogens is 439 g/mol. The Morgan fingerprint density at radius 2 is 1.52 bits per heavy atom. The normalized spacial score (nSPS) is 15.8. The molecule has 2 rings (SSSR count). The van der Waals surface area contributed by atoms with Crippen LogP contribution in [-0.4, -0.2) is 65.8 Å². The summed E-state index contributed by atoms with van der Waals surface area (Å²) < 4.78 is 50.3. The summed E-state index contributed by atoms with van der Waals surface area (Å²) >= 11 is 0. The van der Waals surface area contributed by atoms with Crippen molar-refractivity contribution in [3.05, 3.63) is 29.3 Å². The van der Waals surface area contributed by atoms with Crippen LogP contribution in [0.15, 0.2) is 18.2 Å². The van der Waals surface area contributed by atoms with Crippen LogP contribution < -0.4 is 5.32 Å². The van der Waals surface area contributed by atoms with Crippen LogP contribution in [0.3, 0.4) is 0 Å². The molecule has 1 N–H and O–H groups in total. The molecule has 0 bridgehead atoms. The van der Waals surface area contributed by atoms with Crippen molar-refractivity contribution in [3.63, 3.8) is 0 Å². The summed E-state index contributed by atoms with van der Waals surface area (Å²) in [6, 6.07) is 3.46. The molecule has 33 heavy (non-hydrogen) atoms. The highest BCUT2D eigenvalue weighted by Gasteiger charge is 2.32. The highest BCUT2D eigenvalue weighted by molar-refractivity contribution is 5.76. The van der Waals surface area contributed by atoms with Crippen LogP contribution in [0.5, 0.6) is 0 Å². The average Bonchev–Trinajstić information content (AvgIpc) is 2.64. The first-order valence-corrected chi connectivity index (χ1v) is 10.9. The number of nitrogens with zero attached hydrogens (tertiary/aromatic N) is 2. The number of hydrogen-bond acceptors (Lipinski definition) is 6. The van der Waals surface area contributed by atoms with Gasteiger partial charge in [0.25, 0.3) is 0 Å². The molecule has 0 aromatic heterocycles. The molecule has 0 radical (unpaired) electrons. The summed E-state index contributed by atoms with van der Waals surface area (Å²) in [5.41, 5.74) is -1.22. The van der Waals surface area contributed by atoms with Gasteiger partial charge in [-0.05, 0) is 59.2 Å². The lowest BCUT2D eigenvalue weighted by Crippen LogP contribution is -2.49. The van der Waals surface area contributed by atoms with Crippen molar-refractivity contribution in [1.82, 2.24) is 9.80 Å². The zero-order chi connectivity index (χ0) is 25.0. The van der Waals surface area contributed by atoms with Crippen LogP contribution in [0.25, 0.3) is 0 Å². The van der Waals surface area contributed by atoms with Crippen molar-refractivity contribution in [2.45, 2.75) is 65.5 Å². The zero-order valence-corrected chi connectivity index (χ0v) is 20.1. The number of piperazine rings is 1. The SMILES string of the molecule is CC(C)(C)OC(=O)CNc1cc(C(F)(F)F)ccc1CN1CCN(C(=O)OC(C)(C)C)CC1. The summed E-state index contributed by atoms with van der Waals surface area (Å²) in [7, 11) is 0. The Balaban J connectivity index is 2.06. The van der Waals surface area contributed by atoms with Crippen LogP contribution in [0, 0.1) is 0 Å². The highest BCUT2D eigenvalue weighted by atomic mass is 19.4. The number of ether oxygens (including phenoxy) is 2. The maximum atomic E-state index is 13.2. The maximum absolute atomic E-state index is 13.2. The van der Waals surface area contributed by atoms with E-state index in [1.165, 1.54) is 6.07 Å². The number of hydrogen-bond donors (Lipinski definition) is 1. The molecule has 0 aliphatic carbocycles. The molecule has 1 amide bonds. The zero-order valence-electron chi connectivity index (χ0n) is 20.1. The summed E-state index contributed by atoms with van der Waals surface area (Å²) in [5.74, 6) is -0.558. The number of amides is 1. The van der Waals surface area contributed by atoms with Gasteiger partial charge in [-0.2, -0.15) is 13.2 Å². The molecule has 7 nitrogen and oxygen atoms in total. The van der Waals surface area contributed by atoms with E-state index in [4.69, 9.17) is 9.47 Å². The highest BCUT2D eigenvalue weighted by Crippen LogP contribution is 2.32. The lowest BCUT2D eigenvalue weighted by molar-refractivity contribution is -0.152. The fourth-order valence-corrected chi connectivity index (χ4v) is 3.26. The fourth-order valence-electron chi connectivity index (χ4n) is 3.26. The number of carbonyl (C=O) groups excluding carboxylic acids is 2. The number of anilines is 1. The van der Waals surface area contributed by atoms with E-state index in [1.54, 1.807) is 46.4 Å². The van der Waals surface area contributed by atoms with Crippen LogP contribution in [0.2, 0.25) is 0 Å². The first-order chi connectivity index (χ1) is 15.0. The Morgan fingerprint density at radius 3 is 2.03 bits per heavy atom. The van der Waals surface area contributed by atoms with Crippen LogP contribution in [0.1, 0.15) is 52.7 Å². The third-order valence-electron chi connectivity index (χ3n) is 4.70. The Hall–Kier alpha value is -2.49. The van der Waals surface area contributed by atoms with Crippen LogP contribution in [0.4, 0.5) is 23.7 Å². The van der Waals surface area contributed by atoms with Crippen molar-refractivity contribution in [3.8, 4) is 0 Å². The number of halogens is 3. The molecule has 0 saturated carbocycles. The number of nitrogens with one attached hydrogen (secondary N) is 1. The van der Waals surface area contributed by atoms with Crippen molar-refractivity contribution in [2.75, 3.05) is 38.0 Å². The molecule has 1 aliphatic heterocycles. The first kappa shape index (κ1) is 26.8. The van der Waals surface area contributed by atoms with Gasteiger partial charge < -0.3 is 19.7 Å². The third kappa shape index (κ3) is 9.11. The number of benzene rings is 1. The molecule has 1 aromatic rings. The number of rotatable bonds is 5. The van der Waals surface area contributed by atoms with Gasteiger partial charge in [0.15, 0.2) is 0 Å². The Labute approximate surface area is 193 Å². The molecular formula is C23H34F3N3O4. The van der Waals surface area contributed by atoms with E-state index < -0.39 is 28.9 Å². The van der Waals surface area contributed by atoms with Gasteiger partial charge >= 0.3 is 18.2 Å². The average molecular weight is 474 g/mol. The van der Waals surface area contributed by atoms with E-state index in [9.17, 15) is 22.8 Å². The van der Waals surface area contributed by atoms with Gasteiger partial charge in [0, 0.05) is 38.4 Å². The van der Waals surface area contributed by atoms with Gasteiger partial charge in [-0.25, -0.2) is 4.79 Å². The van der Waals surface area contributed by atoms with Crippen molar-refractivity contribution < 1.29 is 32.2 Å². The van der Waals surface area contributed by atoms with Gasteiger partial charge in [-0.3, -0.25) is 9.69 Å². The number of carbonyl (C=O) groups is 2. The summed E-state index contributed by atoms with van der Waals surface area (Å²) in [4.78, 5) is 27.9. The van der Waals surface area contributed by atoms with E-state index in [0.717, 1.165) is 12.1 Å². The van der Waals surface area contributed by atoms with E-state index in [-0.39, 0.29) is 18.3 Å². The van der Waals surface area contributed by atoms with Crippen LogP contribution in [-0.2, 0) is 27.0 Å². The van der Waals surface area contributed by atoms with E-state index >= 15 is 0 Å². The lowest BCUT2D eigenvalue weighted by Gasteiger charge is -2.35. The molecule has 1 aliphatic rings. The second-order valence-electron chi connectivity index (χ2n) is 10.1. The topological polar surface area (TPSA) is 71.1 Å². The predicted octanol–water partition coefficient (Wildman–Crippen LogP) is 4.51. The fraction of sp³-hybridized carbons (Fsp3) is 0.652. The van der Waals surface area contributed by atoms with Gasteiger partial charge in [-0.15, -0.1) is 0 Å². The molecule has 10 heteroatoms. The standard InChI is InChI=1S/C23H34F3N3O4/c1-21(2,3)32-19(30)14-27-18-13-17(23(24,25)26)8-7-16(18)15-28-9-11-29(12-10-28)20(31)33-22(4,5)6/h7-8,13,27H,9-12,14-15H2,1-6H3. The third-order valence-corrected chi connectivity index (χ3v) is 4.70. The smallest absolute Gasteiger partial charge is 0.416 e.